The van der Waals surface area contributed by atoms with Crippen LogP contribution < -0.4 is 15.4 Å². The van der Waals surface area contributed by atoms with Crippen LogP contribution in [0.4, 0.5) is 19.0 Å². The third kappa shape index (κ3) is 5.44. The molecule has 3 aromatic rings. The zero-order chi connectivity index (χ0) is 27.9. The third-order valence-corrected chi connectivity index (χ3v) is 7.93. The standard InChI is InChI=1S/C28H30F3N5O4/c29-28(30,31)11-2-14-39-19-6-7-20-18(15-19)3-1-10-27(20)16-21-23(26(38)34-27)24(33-25(37)22-8-12-32-40-22)36(35-21)13-9-17-4-5-17/h6-8,12,15,17H,1-5,9-11,13-14,16H2,(H,33,37)(H,34,38)/t27-/m0/s1. The van der Waals surface area contributed by atoms with Gasteiger partial charge >= 0.3 is 6.18 Å². The van der Waals surface area contributed by atoms with E-state index in [4.69, 9.17) is 14.4 Å². The summed E-state index contributed by atoms with van der Waals surface area (Å²) in [6.45, 7) is 0.556. The molecule has 9 nitrogen and oxygen atoms in total. The fourth-order valence-corrected chi connectivity index (χ4v) is 5.81. The summed E-state index contributed by atoms with van der Waals surface area (Å²) in [6.07, 6.45) is 2.20. The van der Waals surface area contributed by atoms with Crippen molar-refractivity contribution < 1.29 is 32.0 Å². The first-order valence-corrected chi connectivity index (χ1v) is 13.7. The number of fused-ring (bicyclic) bond motifs is 3. The Morgan fingerprint density at radius 3 is 2.88 bits per heavy atom. The second-order valence-electron chi connectivity index (χ2n) is 10.9. The second kappa shape index (κ2) is 10.3. The molecule has 2 aromatic heterocycles. The van der Waals surface area contributed by atoms with Crippen molar-refractivity contribution >= 4 is 17.6 Å². The molecule has 2 N–H and O–H groups in total. The van der Waals surface area contributed by atoms with Gasteiger partial charge in [-0.3, -0.25) is 9.59 Å². The number of amides is 2. The monoisotopic (exact) mass is 557 g/mol. The Labute approximate surface area is 228 Å². The number of carbonyl (C=O) groups is 2. The number of anilines is 1. The molecule has 0 radical (unpaired) electrons. The Hall–Kier alpha value is -3.83. The van der Waals surface area contributed by atoms with Crippen molar-refractivity contribution in [2.45, 2.75) is 76.0 Å². The van der Waals surface area contributed by atoms with Crippen LogP contribution in [0.25, 0.3) is 0 Å². The molecule has 212 valence electrons. The van der Waals surface area contributed by atoms with E-state index < -0.39 is 24.0 Å². The Balaban J connectivity index is 1.26. The Morgan fingerprint density at radius 1 is 1.27 bits per heavy atom. The van der Waals surface area contributed by atoms with Gasteiger partial charge in [0.1, 0.15) is 17.1 Å². The lowest BCUT2D eigenvalue weighted by atomic mass is 9.72. The minimum absolute atomic E-state index is 0.0234. The maximum absolute atomic E-state index is 13.7. The van der Waals surface area contributed by atoms with E-state index in [1.54, 1.807) is 10.7 Å². The molecule has 0 saturated heterocycles. The van der Waals surface area contributed by atoms with Crippen molar-refractivity contribution in [1.82, 2.24) is 20.3 Å². The number of nitrogens with one attached hydrogen (secondary N) is 2. The molecular formula is C28H30F3N5O4. The van der Waals surface area contributed by atoms with Crippen LogP contribution in [-0.4, -0.2) is 39.5 Å². The molecule has 3 heterocycles. The largest absolute Gasteiger partial charge is 0.494 e. The highest BCUT2D eigenvalue weighted by molar-refractivity contribution is 6.08. The zero-order valence-electron chi connectivity index (χ0n) is 21.9. The van der Waals surface area contributed by atoms with Gasteiger partial charge in [0.2, 0.25) is 5.76 Å². The third-order valence-electron chi connectivity index (χ3n) is 7.93. The molecule has 0 unspecified atom stereocenters. The fourth-order valence-electron chi connectivity index (χ4n) is 5.81. The lowest BCUT2D eigenvalue weighted by Gasteiger charge is -2.42. The van der Waals surface area contributed by atoms with Crippen LogP contribution in [0.5, 0.6) is 5.75 Å². The van der Waals surface area contributed by atoms with Crippen LogP contribution in [0.2, 0.25) is 0 Å². The van der Waals surface area contributed by atoms with Gasteiger partial charge in [0, 0.05) is 25.5 Å². The van der Waals surface area contributed by atoms with E-state index >= 15 is 0 Å². The van der Waals surface area contributed by atoms with Crippen LogP contribution in [-0.2, 0) is 24.9 Å². The van der Waals surface area contributed by atoms with Crippen LogP contribution in [0.1, 0.15) is 82.7 Å². The molecule has 1 aliphatic heterocycles. The van der Waals surface area contributed by atoms with E-state index in [0.717, 1.165) is 30.4 Å². The first-order valence-electron chi connectivity index (χ1n) is 13.7. The van der Waals surface area contributed by atoms with Crippen molar-refractivity contribution in [3.05, 3.63) is 58.6 Å². The summed E-state index contributed by atoms with van der Waals surface area (Å²) in [4.78, 5) is 26.5. The van der Waals surface area contributed by atoms with Gasteiger partial charge in [0.15, 0.2) is 0 Å². The topological polar surface area (TPSA) is 111 Å². The minimum atomic E-state index is -4.20. The number of carbonyl (C=O) groups excluding carboxylic acids is 2. The van der Waals surface area contributed by atoms with Crippen molar-refractivity contribution in [2.75, 3.05) is 11.9 Å². The minimum Gasteiger partial charge on any atom is -0.494 e. The highest BCUT2D eigenvalue weighted by Crippen LogP contribution is 2.43. The molecule has 1 aromatic carbocycles. The zero-order valence-corrected chi connectivity index (χ0v) is 21.9. The van der Waals surface area contributed by atoms with Gasteiger partial charge in [0.05, 0.1) is 24.0 Å². The van der Waals surface area contributed by atoms with E-state index in [-0.39, 0.29) is 24.7 Å². The number of aryl methyl sites for hydroxylation is 2. The number of halogens is 3. The highest BCUT2D eigenvalue weighted by atomic mass is 19.4. The van der Waals surface area contributed by atoms with Gasteiger partial charge in [0.25, 0.3) is 11.8 Å². The van der Waals surface area contributed by atoms with E-state index in [9.17, 15) is 22.8 Å². The van der Waals surface area contributed by atoms with Crippen LogP contribution in [0.15, 0.2) is 35.0 Å². The van der Waals surface area contributed by atoms with Crippen molar-refractivity contribution in [2.24, 2.45) is 5.92 Å². The quantitative estimate of drug-likeness (QED) is 0.352. The number of alkyl halides is 3. The van der Waals surface area contributed by atoms with Crippen LogP contribution >= 0.6 is 0 Å². The Kier molecular flexibility index (Phi) is 6.79. The summed E-state index contributed by atoms with van der Waals surface area (Å²) in [5.41, 5.74) is 2.25. The number of nitrogens with zero attached hydrogens (tertiary/aromatic N) is 3. The van der Waals surface area contributed by atoms with E-state index in [1.165, 1.54) is 25.1 Å². The average Bonchev–Trinajstić information content (AvgIpc) is 3.43. The Morgan fingerprint density at radius 2 is 2.12 bits per heavy atom. The van der Waals surface area contributed by atoms with Gasteiger partial charge in [-0.25, -0.2) is 4.68 Å². The SMILES string of the molecule is O=C(Nc1c2c(nn1CCC1CC1)C[C@]1(CCCc3cc(OCCCC(F)(F)F)ccc31)NC2=O)c1ccno1. The number of hydrogen-bond acceptors (Lipinski definition) is 6. The molecule has 40 heavy (non-hydrogen) atoms. The van der Waals surface area contributed by atoms with Crippen LogP contribution in [0, 0.1) is 5.92 Å². The maximum atomic E-state index is 13.7. The first kappa shape index (κ1) is 26.4. The summed E-state index contributed by atoms with van der Waals surface area (Å²) in [6, 6.07) is 6.96. The molecular weight excluding hydrogens is 527 g/mol. The predicted octanol–water partition coefficient (Wildman–Crippen LogP) is 5.16. The molecule has 0 bridgehead atoms. The molecule has 2 aliphatic carbocycles. The van der Waals surface area contributed by atoms with Gasteiger partial charge in [-0.2, -0.15) is 18.3 Å². The molecule has 1 saturated carbocycles. The first-order chi connectivity index (χ1) is 19.2. The molecule has 1 spiro atoms. The fraction of sp³-hybridized carbons (Fsp3) is 0.500. The number of rotatable bonds is 9. The smallest absolute Gasteiger partial charge is 0.389 e. The van der Waals surface area contributed by atoms with E-state index in [0.29, 0.717) is 48.1 Å². The summed E-state index contributed by atoms with van der Waals surface area (Å²) in [7, 11) is 0. The number of ether oxygens (including phenoxy) is 1. The van der Waals surface area contributed by atoms with Gasteiger partial charge in [-0.15, -0.1) is 0 Å². The summed E-state index contributed by atoms with van der Waals surface area (Å²) < 4.78 is 49.7. The Bertz CT molecular complexity index is 1410. The lowest BCUT2D eigenvalue weighted by molar-refractivity contribution is -0.136. The lowest BCUT2D eigenvalue weighted by Crippen LogP contribution is -2.52. The highest BCUT2D eigenvalue weighted by Gasteiger charge is 2.45. The van der Waals surface area contributed by atoms with Crippen molar-refractivity contribution in [3.63, 3.8) is 0 Å². The van der Waals surface area contributed by atoms with Gasteiger partial charge in [-0.05, 0) is 61.3 Å². The molecule has 3 aliphatic rings. The van der Waals surface area contributed by atoms with Crippen LogP contribution in [0.3, 0.4) is 0 Å². The number of benzene rings is 1. The predicted molar refractivity (Wildman–Crippen MR) is 137 cm³/mol. The summed E-state index contributed by atoms with van der Waals surface area (Å²) in [5, 5.41) is 14.5. The average molecular weight is 558 g/mol. The number of aromatic nitrogens is 3. The van der Waals surface area contributed by atoms with Crippen molar-refractivity contribution in [3.8, 4) is 5.75 Å². The van der Waals surface area contributed by atoms with E-state index in [1.807, 2.05) is 12.1 Å². The normalized spacial score (nSPS) is 20.1. The maximum Gasteiger partial charge on any atom is 0.389 e. The van der Waals surface area contributed by atoms with Gasteiger partial charge < -0.3 is 19.9 Å². The summed E-state index contributed by atoms with van der Waals surface area (Å²) in [5.74, 6) is 0.716. The van der Waals surface area contributed by atoms with Crippen molar-refractivity contribution in [1.29, 1.82) is 0 Å². The van der Waals surface area contributed by atoms with Gasteiger partial charge in [-0.1, -0.05) is 24.1 Å². The number of hydrogen-bond donors (Lipinski definition) is 2. The molecule has 1 atom stereocenters. The molecule has 1 fully saturated rings. The van der Waals surface area contributed by atoms with E-state index in [2.05, 4.69) is 15.8 Å². The second-order valence-corrected chi connectivity index (χ2v) is 10.9. The molecule has 2 amide bonds. The molecule has 12 heteroatoms. The molecule has 6 rings (SSSR count). The summed E-state index contributed by atoms with van der Waals surface area (Å²) >= 11 is 0.